The number of methoxy groups -OCH3 is 1. The predicted octanol–water partition coefficient (Wildman–Crippen LogP) is 1.14. The molecule has 1 saturated heterocycles. The van der Waals surface area contributed by atoms with Crippen molar-refractivity contribution in [2.45, 2.75) is 12.5 Å². The zero-order valence-corrected chi connectivity index (χ0v) is 10.7. The van der Waals surface area contributed by atoms with Gasteiger partial charge in [0.25, 0.3) is 5.91 Å². The summed E-state index contributed by atoms with van der Waals surface area (Å²) in [6.45, 7) is 1.28. The van der Waals surface area contributed by atoms with Crippen molar-refractivity contribution in [3.63, 3.8) is 0 Å². The van der Waals surface area contributed by atoms with Crippen LogP contribution < -0.4 is 10.5 Å². The number of carbonyl (C=O) groups excluding carboxylic acids is 1. The van der Waals surface area contributed by atoms with Crippen LogP contribution in [0.5, 0.6) is 5.75 Å². The lowest BCUT2D eigenvalue weighted by molar-refractivity contribution is 0.0709. The van der Waals surface area contributed by atoms with E-state index in [2.05, 4.69) is 0 Å². The first-order valence-corrected chi connectivity index (χ1v) is 5.92. The maximum atomic E-state index is 12.4. The second kappa shape index (κ2) is 5.27. The van der Waals surface area contributed by atoms with Gasteiger partial charge in [0.1, 0.15) is 11.3 Å². The Labute approximate surface area is 106 Å². The molecule has 18 heavy (non-hydrogen) atoms. The van der Waals surface area contributed by atoms with Gasteiger partial charge in [-0.25, -0.2) is 0 Å². The van der Waals surface area contributed by atoms with Gasteiger partial charge in [-0.2, -0.15) is 0 Å². The van der Waals surface area contributed by atoms with Crippen molar-refractivity contribution in [2.24, 2.45) is 0 Å². The van der Waals surface area contributed by atoms with Crippen LogP contribution in [0.1, 0.15) is 16.8 Å². The van der Waals surface area contributed by atoms with Crippen molar-refractivity contribution in [3.8, 4) is 5.75 Å². The topological polar surface area (TPSA) is 64.8 Å². The maximum Gasteiger partial charge on any atom is 0.259 e. The quantitative estimate of drug-likeness (QED) is 0.817. The number of hydrogen-bond donors (Lipinski definition) is 1. The van der Waals surface area contributed by atoms with Crippen LogP contribution in [-0.4, -0.2) is 44.2 Å². The van der Waals surface area contributed by atoms with Crippen LogP contribution in [0.25, 0.3) is 0 Å². The Morgan fingerprint density at radius 2 is 2.33 bits per heavy atom. The second-order valence-electron chi connectivity index (χ2n) is 4.36. The molecule has 1 unspecified atom stereocenters. The Morgan fingerprint density at radius 1 is 1.56 bits per heavy atom. The summed E-state index contributed by atoms with van der Waals surface area (Å²) in [6, 6.07) is 5.32. The molecule has 0 aromatic heterocycles. The molecule has 1 aromatic rings. The van der Waals surface area contributed by atoms with Gasteiger partial charge in [-0.3, -0.25) is 4.79 Å². The molecule has 1 heterocycles. The molecular weight excluding hydrogens is 232 g/mol. The molecule has 1 aliphatic rings. The molecule has 5 heteroatoms. The molecule has 0 radical (unpaired) electrons. The SMILES string of the molecule is COc1cccc(N)c1C(=O)N(C)C1CCOC1. The van der Waals surface area contributed by atoms with Crippen molar-refractivity contribution in [1.29, 1.82) is 0 Å². The van der Waals surface area contributed by atoms with Gasteiger partial charge >= 0.3 is 0 Å². The molecule has 5 nitrogen and oxygen atoms in total. The van der Waals surface area contributed by atoms with E-state index in [9.17, 15) is 4.79 Å². The van der Waals surface area contributed by atoms with E-state index in [-0.39, 0.29) is 11.9 Å². The number of amides is 1. The largest absolute Gasteiger partial charge is 0.496 e. The number of nitrogens with two attached hydrogens (primary N) is 1. The van der Waals surface area contributed by atoms with Crippen LogP contribution in [0.3, 0.4) is 0 Å². The molecule has 1 fully saturated rings. The lowest BCUT2D eigenvalue weighted by atomic mass is 10.1. The monoisotopic (exact) mass is 250 g/mol. The van der Waals surface area contributed by atoms with E-state index in [1.807, 2.05) is 0 Å². The van der Waals surface area contributed by atoms with E-state index in [1.165, 1.54) is 7.11 Å². The molecule has 1 aliphatic heterocycles. The Bertz CT molecular complexity index is 442. The molecule has 1 atom stereocenters. The van der Waals surface area contributed by atoms with Crippen molar-refractivity contribution in [3.05, 3.63) is 23.8 Å². The number of benzene rings is 1. The number of nitrogens with zero attached hydrogens (tertiary/aromatic N) is 1. The van der Waals surface area contributed by atoms with Crippen LogP contribution in [0.2, 0.25) is 0 Å². The van der Waals surface area contributed by atoms with E-state index < -0.39 is 0 Å². The van der Waals surface area contributed by atoms with Gasteiger partial charge in [-0.15, -0.1) is 0 Å². The molecular formula is C13H18N2O3. The summed E-state index contributed by atoms with van der Waals surface area (Å²) in [7, 11) is 3.30. The zero-order chi connectivity index (χ0) is 13.1. The molecule has 1 amide bonds. The van der Waals surface area contributed by atoms with Crippen LogP contribution in [0.4, 0.5) is 5.69 Å². The van der Waals surface area contributed by atoms with Crippen LogP contribution in [0.15, 0.2) is 18.2 Å². The van der Waals surface area contributed by atoms with Gasteiger partial charge in [-0.05, 0) is 18.6 Å². The second-order valence-corrected chi connectivity index (χ2v) is 4.36. The standard InChI is InChI=1S/C13H18N2O3/c1-15(9-6-7-18-8-9)13(16)12-10(14)4-3-5-11(12)17-2/h3-5,9H,6-8,14H2,1-2H3. The Balaban J connectivity index is 2.27. The summed E-state index contributed by atoms with van der Waals surface area (Å²) in [5, 5.41) is 0. The number of ether oxygens (including phenoxy) is 2. The minimum atomic E-state index is -0.125. The Morgan fingerprint density at radius 3 is 2.94 bits per heavy atom. The molecule has 1 aromatic carbocycles. The van der Waals surface area contributed by atoms with E-state index >= 15 is 0 Å². The summed E-state index contributed by atoms with van der Waals surface area (Å²) < 4.78 is 10.5. The molecule has 98 valence electrons. The third-order valence-electron chi connectivity index (χ3n) is 3.27. The first-order valence-electron chi connectivity index (χ1n) is 5.92. The van der Waals surface area contributed by atoms with Gasteiger partial charge in [0.15, 0.2) is 0 Å². The molecule has 2 rings (SSSR count). The van der Waals surface area contributed by atoms with Crippen molar-refractivity contribution < 1.29 is 14.3 Å². The summed E-state index contributed by atoms with van der Waals surface area (Å²) in [5.74, 6) is 0.381. The number of hydrogen-bond acceptors (Lipinski definition) is 4. The third-order valence-corrected chi connectivity index (χ3v) is 3.27. The van der Waals surface area contributed by atoms with E-state index in [4.69, 9.17) is 15.2 Å². The first-order chi connectivity index (χ1) is 8.65. The fourth-order valence-corrected chi connectivity index (χ4v) is 2.12. The van der Waals surface area contributed by atoms with Gasteiger partial charge in [0, 0.05) is 19.3 Å². The first kappa shape index (κ1) is 12.7. The van der Waals surface area contributed by atoms with Crippen molar-refractivity contribution >= 4 is 11.6 Å². The number of nitrogen functional groups attached to an aromatic ring is 1. The van der Waals surface area contributed by atoms with Gasteiger partial charge in [0.2, 0.25) is 0 Å². The highest BCUT2D eigenvalue weighted by molar-refractivity contribution is 6.01. The van der Waals surface area contributed by atoms with Crippen LogP contribution in [0, 0.1) is 0 Å². The van der Waals surface area contributed by atoms with Crippen molar-refractivity contribution in [2.75, 3.05) is 33.1 Å². The average Bonchev–Trinajstić information content (AvgIpc) is 2.90. The number of rotatable bonds is 3. The minimum absolute atomic E-state index is 0.113. The van der Waals surface area contributed by atoms with Crippen LogP contribution in [-0.2, 0) is 4.74 Å². The normalized spacial score (nSPS) is 18.7. The molecule has 0 spiro atoms. The van der Waals surface area contributed by atoms with Crippen molar-refractivity contribution in [1.82, 2.24) is 4.90 Å². The smallest absolute Gasteiger partial charge is 0.259 e. The minimum Gasteiger partial charge on any atom is -0.496 e. The Hall–Kier alpha value is -1.75. The predicted molar refractivity (Wildman–Crippen MR) is 68.7 cm³/mol. The third kappa shape index (κ3) is 2.26. The summed E-state index contributed by atoms with van der Waals surface area (Å²) in [5.41, 5.74) is 6.74. The maximum absolute atomic E-state index is 12.4. The van der Waals surface area contributed by atoms with E-state index in [1.54, 1.807) is 30.1 Å². The summed E-state index contributed by atoms with van der Waals surface area (Å²) >= 11 is 0. The highest BCUT2D eigenvalue weighted by atomic mass is 16.5. The summed E-state index contributed by atoms with van der Waals surface area (Å²) in [6.07, 6.45) is 0.858. The number of anilines is 1. The molecule has 0 aliphatic carbocycles. The number of carbonyl (C=O) groups is 1. The average molecular weight is 250 g/mol. The van der Waals surface area contributed by atoms with Gasteiger partial charge in [-0.1, -0.05) is 6.07 Å². The van der Waals surface area contributed by atoms with Gasteiger partial charge in [0.05, 0.1) is 19.8 Å². The lowest BCUT2D eigenvalue weighted by Crippen LogP contribution is -2.37. The highest BCUT2D eigenvalue weighted by Gasteiger charge is 2.27. The fourth-order valence-electron chi connectivity index (χ4n) is 2.12. The molecule has 2 N–H and O–H groups in total. The highest BCUT2D eigenvalue weighted by Crippen LogP contribution is 2.26. The summed E-state index contributed by atoms with van der Waals surface area (Å²) in [4.78, 5) is 14.1. The van der Waals surface area contributed by atoms with E-state index in [0.29, 0.717) is 30.2 Å². The van der Waals surface area contributed by atoms with Gasteiger partial charge < -0.3 is 20.1 Å². The fraction of sp³-hybridized carbons (Fsp3) is 0.462. The zero-order valence-electron chi connectivity index (χ0n) is 10.7. The Kier molecular flexibility index (Phi) is 3.72. The molecule has 0 saturated carbocycles. The lowest BCUT2D eigenvalue weighted by Gasteiger charge is -2.24. The molecule has 0 bridgehead atoms. The number of likely N-dealkylation sites (N-methyl/N-ethyl adjacent to an activating group) is 1. The van der Waals surface area contributed by atoms with E-state index in [0.717, 1.165) is 6.42 Å². The van der Waals surface area contributed by atoms with Crippen LogP contribution >= 0.6 is 0 Å².